The lowest BCUT2D eigenvalue weighted by molar-refractivity contribution is 0.185. The van der Waals surface area contributed by atoms with Gasteiger partial charge in [0.2, 0.25) is 10.0 Å². The second-order valence-corrected chi connectivity index (χ2v) is 6.85. The molecule has 1 aromatic carbocycles. The number of likely N-dealkylation sites (N-methyl/N-ethyl adjacent to an activating group) is 1. The fraction of sp³-hybridized carbons (Fsp3) is 0.455. The van der Waals surface area contributed by atoms with Gasteiger partial charge < -0.3 is 4.74 Å². The molecule has 0 aliphatic carbocycles. The zero-order chi connectivity index (χ0) is 13.8. The molecule has 0 fully saturated rings. The topological polar surface area (TPSA) is 46.6 Å². The lowest BCUT2D eigenvalue weighted by Gasteiger charge is -2.17. The molecule has 102 valence electrons. The normalized spacial score (nSPS) is 12.1. The van der Waals surface area contributed by atoms with Crippen LogP contribution in [-0.2, 0) is 20.6 Å². The highest BCUT2D eigenvalue weighted by Crippen LogP contribution is 2.26. The highest BCUT2D eigenvalue weighted by atomic mass is 79.9. The third-order valence-electron chi connectivity index (χ3n) is 2.45. The van der Waals surface area contributed by atoms with E-state index in [1.54, 1.807) is 18.2 Å². The van der Waals surface area contributed by atoms with Crippen LogP contribution in [0.15, 0.2) is 27.6 Å². The summed E-state index contributed by atoms with van der Waals surface area (Å²) >= 11 is 8.96. The molecular weight excluding hydrogens is 342 g/mol. The molecule has 0 unspecified atom stereocenters. The highest BCUT2D eigenvalue weighted by molar-refractivity contribution is 9.10. The molecule has 1 aromatic rings. The van der Waals surface area contributed by atoms with Gasteiger partial charge in [0, 0.05) is 31.1 Å². The SMILES string of the molecule is COCCN(C)S(=O)(=O)c1ccc(CCl)cc1Br. The molecule has 0 bridgehead atoms. The summed E-state index contributed by atoms with van der Waals surface area (Å²) in [6.07, 6.45) is 0. The minimum Gasteiger partial charge on any atom is -0.383 e. The van der Waals surface area contributed by atoms with Crippen molar-refractivity contribution in [2.45, 2.75) is 10.8 Å². The zero-order valence-electron chi connectivity index (χ0n) is 10.2. The first kappa shape index (κ1) is 15.9. The Bertz CT molecular complexity index is 507. The Balaban J connectivity index is 3.05. The zero-order valence-corrected chi connectivity index (χ0v) is 13.3. The van der Waals surface area contributed by atoms with Crippen LogP contribution < -0.4 is 0 Å². The van der Waals surface area contributed by atoms with Gasteiger partial charge in [0.05, 0.1) is 11.5 Å². The maximum Gasteiger partial charge on any atom is 0.244 e. The number of hydrogen-bond donors (Lipinski definition) is 0. The number of ether oxygens (including phenoxy) is 1. The molecular formula is C11H15BrClNO3S. The van der Waals surface area contributed by atoms with E-state index in [-0.39, 0.29) is 4.90 Å². The van der Waals surface area contributed by atoms with Gasteiger partial charge in [-0.25, -0.2) is 8.42 Å². The van der Waals surface area contributed by atoms with E-state index in [9.17, 15) is 8.42 Å². The standard InChI is InChI=1S/C11H15BrClNO3S/c1-14(5-6-17-2)18(15,16)11-4-3-9(8-13)7-10(11)12/h3-4,7H,5-6,8H2,1-2H3. The Morgan fingerprint density at radius 2 is 2.11 bits per heavy atom. The van der Waals surface area contributed by atoms with Crippen molar-refractivity contribution in [3.63, 3.8) is 0 Å². The van der Waals surface area contributed by atoms with Crippen LogP contribution in [0.25, 0.3) is 0 Å². The highest BCUT2D eigenvalue weighted by Gasteiger charge is 2.23. The molecule has 0 saturated heterocycles. The van der Waals surface area contributed by atoms with Crippen LogP contribution in [-0.4, -0.2) is 40.0 Å². The van der Waals surface area contributed by atoms with E-state index < -0.39 is 10.0 Å². The molecule has 0 atom stereocenters. The monoisotopic (exact) mass is 355 g/mol. The quantitative estimate of drug-likeness (QED) is 0.736. The Hall–Kier alpha value is -0.140. The van der Waals surface area contributed by atoms with Crippen LogP contribution >= 0.6 is 27.5 Å². The Kier molecular flexibility index (Phi) is 6.07. The van der Waals surface area contributed by atoms with Crippen LogP contribution in [0.3, 0.4) is 0 Å². The molecule has 7 heteroatoms. The fourth-order valence-corrected chi connectivity index (χ4v) is 3.75. The molecule has 0 heterocycles. The lowest BCUT2D eigenvalue weighted by atomic mass is 10.2. The van der Waals surface area contributed by atoms with Gasteiger partial charge >= 0.3 is 0 Å². The number of rotatable bonds is 6. The second kappa shape index (κ2) is 6.86. The fourth-order valence-electron chi connectivity index (χ4n) is 1.34. The second-order valence-electron chi connectivity index (χ2n) is 3.72. The van der Waals surface area contributed by atoms with E-state index >= 15 is 0 Å². The van der Waals surface area contributed by atoms with Gasteiger partial charge in [0.15, 0.2) is 0 Å². The summed E-state index contributed by atoms with van der Waals surface area (Å²) in [7, 11) is -0.446. The molecule has 0 N–H and O–H groups in total. The van der Waals surface area contributed by atoms with E-state index in [1.807, 2.05) is 0 Å². The molecule has 0 aromatic heterocycles. The van der Waals surface area contributed by atoms with Crippen LogP contribution in [0, 0.1) is 0 Å². The largest absolute Gasteiger partial charge is 0.383 e. The van der Waals surface area contributed by atoms with Crippen LogP contribution in [0.5, 0.6) is 0 Å². The molecule has 4 nitrogen and oxygen atoms in total. The molecule has 0 aliphatic rings. The van der Waals surface area contributed by atoms with Crippen molar-refractivity contribution in [1.29, 1.82) is 0 Å². The van der Waals surface area contributed by atoms with Crippen molar-refractivity contribution in [3.8, 4) is 0 Å². The number of methoxy groups -OCH3 is 1. The number of alkyl halides is 1. The van der Waals surface area contributed by atoms with Gasteiger partial charge in [-0.3, -0.25) is 0 Å². The summed E-state index contributed by atoms with van der Waals surface area (Å²) in [4.78, 5) is 0.231. The van der Waals surface area contributed by atoms with E-state index in [0.29, 0.717) is 23.5 Å². The summed E-state index contributed by atoms with van der Waals surface area (Å²) in [6.45, 7) is 0.662. The summed E-state index contributed by atoms with van der Waals surface area (Å²) in [6, 6.07) is 4.97. The van der Waals surface area contributed by atoms with Gasteiger partial charge in [-0.1, -0.05) is 6.07 Å². The maximum atomic E-state index is 12.3. The predicted octanol–water partition coefficient (Wildman–Crippen LogP) is 2.45. The Labute approximate surface area is 121 Å². The Morgan fingerprint density at radius 3 is 2.61 bits per heavy atom. The Morgan fingerprint density at radius 1 is 1.44 bits per heavy atom. The first-order valence-corrected chi connectivity index (χ1v) is 8.00. The van der Waals surface area contributed by atoms with Crippen LogP contribution in [0.4, 0.5) is 0 Å². The van der Waals surface area contributed by atoms with Crippen molar-refractivity contribution < 1.29 is 13.2 Å². The average molecular weight is 357 g/mol. The van der Waals surface area contributed by atoms with E-state index in [2.05, 4.69) is 15.9 Å². The first-order valence-electron chi connectivity index (χ1n) is 5.23. The average Bonchev–Trinajstić information content (AvgIpc) is 2.35. The van der Waals surface area contributed by atoms with Gasteiger partial charge in [-0.15, -0.1) is 11.6 Å². The van der Waals surface area contributed by atoms with Crippen LogP contribution in [0.1, 0.15) is 5.56 Å². The minimum atomic E-state index is -3.50. The summed E-state index contributed by atoms with van der Waals surface area (Å²) in [5.41, 5.74) is 0.863. The van der Waals surface area contributed by atoms with Crippen molar-refractivity contribution in [2.24, 2.45) is 0 Å². The number of hydrogen-bond acceptors (Lipinski definition) is 3. The van der Waals surface area contributed by atoms with Gasteiger partial charge in [-0.2, -0.15) is 4.31 Å². The van der Waals surface area contributed by atoms with Crippen molar-refractivity contribution in [2.75, 3.05) is 27.3 Å². The van der Waals surface area contributed by atoms with Gasteiger partial charge in [0.25, 0.3) is 0 Å². The molecule has 0 aliphatic heterocycles. The number of nitrogens with zero attached hydrogens (tertiary/aromatic N) is 1. The smallest absolute Gasteiger partial charge is 0.244 e. The van der Waals surface area contributed by atoms with E-state index in [4.69, 9.17) is 16.3 Å². The van der Waals surface area contributed by atoms with Crippen molar-refractivity contribution >= 4 is 37.6 Å². The number of benzene rings is 1. The number of sulfonamides is 1. The molecule has 0 spiro atoms. The van der Waals surface area contributed by atoms with Crippen molar-refractivity contribution in [1.82, 2.24) is 4.31 Å². The number of halogens is 2. The summed E-state index contributed by atoms with van der Waals surface area (Å²) < 4.78 is 31.2. The summed E-state index contributed by atoms with van der Waals surface area (Å²) in [5.74, 6) is 0.346. The lowest BCUT2D eigenvalue weighted by Crippen LogP contribution is -2.30. The molecule has 0 amide bonds. The predicted molar refractivity (Wildman–Crippen MR) is 75.4 cm³/mol. The van der Waals surface area contributed by atoms with E-state index in [1.165, 1.54) is 18.5 Å². The maximum absolute atomic E-state index is 12.3. The van der Waals surface area contributed by atoms with Crippen LogP contribution in [0.2, 0.25) is 0 Å². The van der Waals surface area contributed by atoms with Crippen molar-refractivity contribution in [3.05, 3.63) is 28.2 Å². The first-order chi connectivity index (χ1) is 8.43. The molecule has 18 heavy (non-hydrogen) atoms. The molecule has 1 rings (SSSR count). The van der Waals surface area contributed by atoms with Gasteiger partial charge in [0.1, 0.15) is 0 Å². The van der Waals surface area contributed by atoms with Gasteiger partial charge in [-0.05, 0) is 33.6 Å². The molecule has 0 radical (unpaired) electrons. The van der Waals surface area contributed by atoms with E-state index in [0.717, 1.165) is 5.56 Å². The summed E-state index contributed by atoms with van der Waals surface area (Å²) in [5, 5.41) is 0. The third-order valence-corrected chi connectivity index (χ3v) is 5.59. The minimum absolute atomic E-state index is 0.231. The third kappa shape index (κ3) is 3.68. The molecule has 0 saturated carbocycles.